The quantitative estimate of drug-likeness (QED) is 0.631. The van der Waals surface area contributed by atoms with Crippen LogP contribution < -0.4 is 10.3 Å². The third-order valence-corrected chi connectivity index (χ3v) is 2.69. The first-order valence-corrected chi connectivity index (χ1v) is 5.80. The number of pyridine rings is 1. The molecule has 86 valence electrons. The van der Waals surface area contributed by atoms with Crippen LogP contribution in [0.2, 0.25) is 0 Å². The number of rotatable bonds is 3. The maximum Gasteiger partial charge on any atom is 0.169 e. The third-order valence-electron chi connectivity index (χ3n) is 2.69. The van der Waals surface area contributed by atoms with Crippen LogP contribution in [0, 0.1) is 0 Å². The molecule has 0 saturated carbocycles. The summed E-state index contributed by atoms with van der Waals surface area (Å²) in [4.78, 5) is 0. The van der Waals surface area contributed by atoms with Crippen molar-refractivity contribution in [2.45, 2.75) is 13.5 Å². The molecule has 0 spiro atoms. The summed E-state index contributed by atoms with van der Waals surface area (Å²) in [7, 11) is 0. The van der Waals surface area contributed by atoms with Gasteiger partial charge in [0.15, 0.2) is 12.4 Å². The van der Waals surface area contributed by atoms with Crippen LogP contribution in [0.5, 0.6) is 0 Å². The number of nitrogens with two attached hydrogens (primary N) is 1. The summed E-state index contributed by atoms with van der Waals surface area (Å²) in [6.07, 6.45) is 8.36. The Bertz CT molecular complexity index is 495. The fraction of sp³-hybridized carbons (Fsp3) is 0.133. The highest BCUT2D eigenvalue weighted by Crippen LogP contribution is 2.09. The molecule has 0 saturated heterocycles. The van der Waals surface area contributed by atoms with Crippen molar-refractivity contribution in [1.82, 2.24) is 0 Å². The molecule has 2 rings (SSSR count). The number of aromatic nitrogens is 1. The van der Waals surface area contributed by atoms with Crippen molar-refractivity contribution in [3.63, 3.8) is 0 Å². The topological polar surface area (TPSA) is 29.9 Å². The molecule has 17 heavy (non-hydrogen) atoms. The van der Waals surface area contributed by atoms with Crippen molar-refractivity contribution < 1.29 is 4.57 Å². The summed E-state index contributed by atoms with van der Waals surface area (Å²) < 4.78 is 2.14. The fourth-order valence-electron chi connectivity index (χ4n) is 1.59. The lowest BCUT2D eigenvalue weighted by atomic mass is 10.1. The van der Waals surface area contributed by atoms with Gasteiger partial charge in [-0.3, -0.25) is 0 Å². The Morgan fingerprint density at radius 1 is 0.941 bits per heavy atom. The number of nitrogens with zero attached hydrogens (tertiary/aromatic N) is 1. The average Bonchev–Trinajstić information content (AvgIpc) is 2.39. The maximum atomic E-state index is 5.64. The van der Waals surface area contributed by atoms with E-state index in [0.29, 0.717) is 0 Å². The summed E-state index contributed by atoms with van der Waals surface area (Å²) in [5.41, 5.74) is 8.80. The van der Waals surface area contributed by atoms with E-state index in [1.54, 1.807) is 0 Å². The van der Waals surface area contributed by atoms with Gasteiger partial charge in [0, 0.05) is 17.8 Å². The van der Waals surface area contributed by atoms with Gasteiger partial charge in [-0.15, -0.1) is 0 Å². The molecule has 0 aliphatic carbocycles. The van der Waals surface area contributed by atoms with Crippen LogP contribution in [0.25, 0.3) is 12.2 Å². The lowest BCUT2D eigenvalue weighted by Gasteiger charge is -1.95. The van der Waals surface area contributed by atoms with Gasteiger partial charge < -0.3 is 5.73 Å². The normalized spacial score (nSPS) is 10.9. The van der Waals surface area contributed by atoms with Crippen molar-refractivity contribution >= 4 is 17.8 Å². The molecule has 2 N–H and O–H groups in total. The molecule has 0 atom stereocenters. The molecule has 0 fully saturated rings. The van der Waals surface area contributed by atoms with Gasteiger partial charge in [-0.05, 0) is 30.2 Å². The molecule has 1 heterocycles. The van der Waals surface area contributed by atoms with Crippen molar-refractivity contribution in [1.29, 1.82) is 0 Å². The Morgan fingerprint density at radius 2 is 1.47 bits per heavy atom. The smallest absolute Gasteiger partial charge is 0.169 e. The van der Waals surface area contributed by atoms with Crippen LogP contribution in [0.15, 0.2) is 48.8 Å². The van der Waals surface area contributed by atoms with Crippen LogP contribution >= 0.6 is 0 Å². The predicted molar refractivity (Wildman–Crippen MR) is 72.1 cm³/mol. The van der Waals surface area contributed by atoms with Gasteiger partial charge in [-0.1, -0.05) is 24.3 Å². The number of hydrogen-bond acceptors (Lipinski definition) is 1. The third kappa shape index (κ3) is 3.18. The molecule has 2 aromatic rings. The van der Waals surface area contributed by atoms with Crippen LogP contribution in [-0.2, 0) is 6.54 Å². The molecule has 0 aliphatic heterocycles. The summed E-state index contributed by atoms with van der Waals surface area (Å²) in [6, 6.07) is 12.1. The lowest BCUT2D eigenvalue weighted by Crippen LogP contribution is -2.30. The lowest BCUT2D eigenvalue weighted by molar-refractivity contribution is -0.693. The van der Waals surface area contributed by atoms with Gasteiger partial charge in [0.25, 0.3) is 0 Å². The van der Waals surface area contributed by atoms with E-state index in [4.69, 9.17) is 5.73 Å². The molecule has 0 unspecified atom stereocenters. The zero-order valence-electron chi connectivity index (χ0n) is 10.0. The zero-order chi connectivity index (χ0) is 12.1. The van der Waals surface area contributed by atoms with Crippen molar-refractivity contribution in [2.75, 3.05) is 5.73 Å². The first-order valence-electron chi connectivity index (χ1n) is 5.80. The zero-order valence-corrected chi connectivity index (χ0v) is 10.0. The van der Waals surface area contributed by atoms with E-state index in [2.05, 4.69) is 48.2 Å². The average molecular weight is 225 g/mol. The highest BCUT2D eigenvalue weighted by atomic mass is 14.9. The van der Waals surface area contributed by atoms with Crippen molar-refractivity contribution in [3.05, 3.63) is 59.9 Å². The van der Waals surface area contributed by atoms with Crippen molar-refractivity contribution in [3.8, 4) is 0 Å². The van der Waals surface area contributed by atoms with Gasteiger partial charge in [-0.2, -0.15) is 0 Å². The molecular weight excluding hydrogens is 208 g/mol. The molecule has 0 radical (unpaired) electrons. The fourth-order valence-corrected chi connectivity index (χ4v) is 1.59. The first-order chi connectivity index (χ1) is 8.28. The second-order valence-corrected chi connectivity index (χ2v) is 3.96. The van der Waals surface area contributed by atoms with Gasteiger partial charge in [0.05, 0.1) is 0 Å². The maximum absolute atomic E-state index is 5.64. The van der Waals surface area contributed by atoms with E-state index in [1.807, 2.05) is 24.3 Å². The molecular formula is C15H17N2+. The largest absolute Gasteiger partial charge is 0.399 e. The molecule has 0 bridgehead atoms. The summed E-state index contributed by atoms with van der Waals surface area (Å²) in [5, 5.41) is 0. The Morgan fingerprint density at radius 3 is 2.00 bits per heavy atom. The summed E-state index contributed by atoms with van der Waals surface area (Å²) in [6.45, 7) is 3.13. The number of aryl methyl sites for hydroxylation is 1. The van der Waals surface area contributed by atoms with E-state index in [-0.39, 0.29) is 0 Å². The van der Waals surface area contributed by atoms with E-state index in [0.717, 1.165) is 17.8 Å². The number of hydrogen-bond donors (Lipinski definition) is 1. The van der Waals surface area contributed by atoms with E-state index in [1.165, 1.54) is 5.56 Å². The van der Waals surface area contributed by atoms with E-state index in [9.17, 15) is 0 Å². The Labute approximate surface area is 102 Å². The highest BCUT2D eigenvalue weighted by molar-refractivity contribution is 5.69. The highest BCUT2D eigenvalue weighted by Gasteiger charge is 1.94. The molecule has 0 amide bonds. The van der Waals surface area contributed by atoms with Crippen LogP contribution in [0.3, 0.4) is 0 Å². The molecule has 1 aromatic carbocycles. The predicted octanol–water partition coefficient (Wildman–Crippen LogP) is 2.75. The minimum absolute atomic E-state index is 0.797. The van der Waals surface area contributed by atoms with Gasteiger partial charge in [0.1, 0.15) is 6.54 Å². The standard InChI is InChI=1S/C15H16N2/c1-2-17-11-9-14(10-12-17)4-3-13-5-7-15(16)8-6-13/h3-12,16H,2H2,1H3/p+1. The number of benzene rings is 1. The second kappa shape index (κ2) is 5.30. The van der Waals surface area contributed by atoms with Crippen LogP contribution in [0.1, 0.15) is 18.1 Å². The molecule has 0 aliphatic rings. The summed E-state index contributed by atoms with van der Waals surface area (Å²) >= 11 is 0. The Kier molecular flexibility index (Phi) is 3.55. The monoisotopic (exact) mass is 225 g/mol. The molecule has 2 heteroatoms. The number of anilines is 1. The van der Waals surface area contributed by atoms with Gasteiger partial charge in [-0.25, -0.2) is 4.57 Å². The number of nitrogen functional groups attached to an aromatic ring is 1. The Balaban J connectivity index is 2.11. The molecule has 1 aromatic heterocycles. The summed E-state index contributed by atoms with van der Waals surface area (Å²) in [5.74, 6) is 0. The minimum Gasteiger partial charge on any atom is -0.399 e. The van der Waals surface area contributed by atoms with Crippen LogP contribution in [0.4, 0.5) is 5.69 Å². The van der Waals surface area contributed by atoms with Gasteiger partial charge in [0.2, 0.25) is 0 Å². The first kappa shape index (κ1) is 11.4. The SMILES string of the molecule is CC[n+]1ccc(/C=C/c2ccc(N)cc2)cc1. The van der Waals surface area contributed by atoms with Crippen LogP contribution in [-0.4, -0.2) is 0 Å². The van der Waals surface area contributed by atoms with Crippen molar-refractivity contribution in [2.24, 2.45) is 0 Å². The van der Waals surface area contributed by atoms with Gasteiger partial charge >= 0.3 is 0 Å². The Hall–Kier alpha value is -2.09. The second-order valence-electron chi connectivity index (χ2n) is 3.96. The minimum atomic E-state index is 0.797. The van der Waals surface area contributed by atoms with E-state index < -0.39 is 0 Å². The van der Waals surface area contributed by atoms with E-state index >= 15 is 0 Å². The molecule has 2 nitrogen and oxygen atoms in total.